The fourth-order valence-electron chi connectivity index (χ4n) is 1.50. The van der Waals surface area contributed by atoms with Gasteiger partial charge in [-0.15, -0.1) is 0 Å². The molecule has 0 aliphatic heterocycles. The summed E-state index contributed by atoms with van der Waals surface area (Å²) in [5.74, 6) is 0.773. The van der Waals surface area contributed by atoms with Crippen LogP contribution in [0.5, 0.6) is 5.75 Å². The minimum Gasteiger partial charge on any atom is -0.489 e. The van der Waals surface area contributed by atoms with Crippen molar-refractivity contribution >= 4 is 15.9 Å². The van der Waals surface area contributed by atoms with E-state index in [1.807, 2.05) is 18.2 Å². The van der Waals surface area contributed by atoms with Crippen molar-refractivity contribution in [2.75, 3.05) is 26.9 Å². The zero-order chi connectivity index (χ0) is 14.3. The summed E-state index contributed by atoms with van der Waals surface area (Å²) in [5, 5.41) is 13.0. The van der Waals surface area contributed by atoms with E-state index in [4.69, 9.17) is 9.47 Å². The molecule has 0 saturated carbocycles. The van der Waals surface area contributed by atoms with Gasteiger partial charge in [-0.2, -0.15) is 0 Å². The van der Waals surface area contributed by atoms with Crippen LogP contribution in [-0.4, -0.2) is 37.6 Å². The van der Waals surface area contributed by atoms with E-state index < -0.39 is 5.60 Å². The van der Waals surface area contributed by atoms with Gasteiger partial charge in [-0.1, -0.05) is 12.1 Å². The van der Waals surface area contributed by atoms with Crippen LogP contribution in [0.4, 0.5) is 0 Å². The number of rotatable bonds is 8. The fourth-order valence-corrected chi connectivity index (χ4v) is 2.02. The Balaban J connectivity index is 2.66. The molecule has 2 N–H and O–H groups in total. The van der Waals surface area contributed by atoms with Crippen LogP contribution in [0.3, 0.4) is 0 Å². The van der Waals surface area contributed by atoms with Crippen LogP contribution >= 0.6 is 15.9 Å². The first-order valence-electron chi connectivity index (χ1n) is 6.26. The van der Waals surface area contributed by atoms with Crippen molar-refractivity contribution in [1.82, 2.24) is 5.32 Å². The van der Waals surface area contributed by atoms with E-state index >= 15 is 0 Å². The van der Waals surface area contributed by atoms with E-state index in [-0.39, 0.29) is 6.61 Å². The number of ether oxygens (including phenoxy) is 2. The van der Waals surface area contributed by atoms with Crippen molar-refractivity contribution in [3.8, 4) is 5.75 Å². The van der Waals surface area contributed by atoms with Crippen molar-refractivity contribution < 1.29 is 14.6 Å². The molecule has 5 heteroatoms. The van der Waals surface area contributed by atoms with E-state index in [0.29, 0.717) is 13.2 Å². The van der Waals surface area contributed by atoms with Crippen LogP contribution in [0, 0.1) is 0 Å². The molecule has 1 rings (SSSR count). The first kappa shape index (κ1) is 16.4. The Kier molecular flexibility index (Phi) is 6.79. The van der Waals surface area contributed by atoms with Crippen LogP contribution in [-0.2, 0) is 11.3 Å². The molecular formula is C14H22BrNO3. The molecule has 0 atom stereocenters. The van der Waals surface area contributed by atoms with Gasteiger partial charge in [0.05, 0.1) is 16.7 Å². The lowest BCUT2D eigenvalue weighted by molar-refractivity contribution is 0.0278. The number of benzene rings is 1. The van der Waals surface area contributed by atoms with Gasteiger partial charge in [0, 0.05) is 25.8 Å². The Bertz CT molecular complexity index is 391. The molecule has 108 valence electrons. The quantitative estimate of drug-likeness (QED) is 0.718. The standard InChI is InChI=1S/C14H22BrNO3/c1-14(2,17)10-19-13-11(5-4-6-12(13)15)9-16-7-8-18-3/h4-6,16-17H,7-10H2,1-3H3. The van der Waals surface area contributed by atoms with Gasteiger partial charge < -0.3 is 19.9 Å². The van der Waals surface area contributed by atoms with E-state index in [1.165, 1.54) is 0 Å². The Morgan fingerprint density at radius 2 is 2.11 bits per heavy atom. The maximum absolute atomic E-state index is 9.73. The number of methoxy groups -OCH3 is 1. The van der Waals surface area contributed by atoms with Gasteiger partial charge in [0.15, 0.2) is 0 Å². The SMILES string of the molecule is COCCNCc1cccc(Br)c1OCC(C)(C)O. The molecule has 0 aromatic heterocycles. The second kappa shape index (κ2) is 7.85. The highest BCUT2D eigenvalue weighted by atomic mass is 79.9. The smallest absolute Gasteiger partial charge is 0.138 e. The van der Waals surface area contributed by atoms with Crippen molar-refractivity contribution in [3.05, 3.63) is 28.2 Å². The second-order valence-corrected chi connectivity index (χ2v) is 5.85. The highest BCUT2D eigenvalue weighted by molar-refractivity contribution is 9.10. The molecule has 1 aromatic rings. The summed E-state index contributed by atoms with van der Waals surface area (Å²) in [5.41, 5.74) is 0.200. The molecule has 0 unspecified atom stereocenters. The van der Waals surface area contributed by atoms with Crippen LogP contribution in [0.2, 0.25) is 0 Å². The molecule has 0 saturated heterocycles. The van der Waals surface area contributed by atoms with Crippen LogP contribution in [0.15, 0.2) is 22.7 Å². The minimum atomic E-state index is -0.851. The number of halogens is 1. The number of hydrogen-bond acceptors (Lipinski definition) is 4. The molecule has 0 fully saturated rings. The molecule has 0 bridgehead atoms. The van der Waals surface area contributed by atoms with Gasteiger partial charge in [-0.05, 0) is 35.8 Å². The zero-order valence-electron chi connectivity index (χ0n) is 11.7. The van der Waals surface area contributed by atoms with E-state index in [9.17, 15) is 5.11 Å². The van der Waals surface area contributed by atoms with Crippen molar-refractivity contribution in [2.24, 2.45) is 0 Å². The fraction of sp³-hybridized carbons (Fsp3) is 0.571. The third-order valence-corrected chi connectivity index (χ3v) is 3.04. The van der Waals surface area contributed by atoms with E-state index in [1.54, 1.807) is 21.0 Å². The average molecular weight is 332 g/mol. The number of aliphatic hydroxyl groups is 1. The van der Waals surface area contributed by atoms with Crippen molar-refractivity contribution in [3.63, 3.8) is 0 Å². The molecule has 4 nitrogen and oxygen atoms in total. The molecule has 1 aromatic carbocycles. The first-order chi connectivity index (χ1) is 8.94. The van der Waals surface area contributed by atoms with Gasteiger partial charge in [-0.3, -0.25) is 0 Å². The molecule has 19 heavy (non-hydrogen) atoms. The summed E-state index contributed by atoms with van der Waals surface area (Å²) in [4.78, 5) is 0. The molecule has 0 heterocycles. The van der Waals surface area contributed by atoms with Gasteiger partial charge in [0.1, 0.15) is 12.4 Å². The van der Waals surface area contributed by atoms with Crippen LogP contribution in [0.1, 0.15) is 19.4 Å². The van der Waals surface area contributed by atoms with E-state index in [2.05, 4.69) is 21.2 Å². The predicted molar refractivity (Wildman–Crippen MR) is 79.5 cm³/mol. The van der Waals surface area contributed by atoms with Gasteiger partial charge in [-0.25, -0.2) is 0 Å². The molecule has 0 amide bonds. The second-order valence-electron chi connectivity index (χ2n) is 5.00. The average Bonchev–Trinajstić information content (AvgIpc) is 2.32. The lowest BCUT2D eigenvalue weighted by Crippen LogP contribution is -2.28. The first-order valence-corrected chi connectivity index (χ1v) is 7.05. The summed E-state index contributed by atoms with van der Waals surface area (Å²) >= 11 is 3.48. The van der Waals surface area contributed by atoms with E-state index in [0.717, 1.165) is 22.3 Å². The van der Waals surface area contributed by atoms with Gasteiger partial charge in [0.2, 0.25) is 0 Å². The highest BCUT2D eigenvalue weighted by Gasteiger charge is 2.16. The van der Waals surface area contributed by atoms with Gasteiger partial charge >= 0.3 is 0 Å². The summed E-state index contributed by atoms with van der Waals surface area (Å²) in [6.07, 6.45) is 0. The largest absolute Gasteiger partial charge is 0.489 e. The van der Waals surface area contributed by atoms with Crippen molar-refractivity contribution in [2.45, 2.75) is 26.0 Å². The Labute approximate surface area is 123 Å². The summed E-state index contributed by atoms with van der Waals surface area (Å²) in [7, 11) is 1.68. The Hall–Kier alpha value is -0.620. The van der Waals surface area contributed by atoms with Crippen molar-refractivity contribution in [1.29, 1.82) is 0 Å². The molecule has 0 aliphatic rings. The minimum absolute atomic E-state index is 0.251. The maximum Gasteiger partial charge on any atom is 0.138 e. The summed E-state index contributed by atoms with van der Waals surface area (Å²) < 4.78 is 11.6. The molecular weight excluding hydrogens is 310 g/mol. The molecule has 0 spiro atoms. The predicted octanol–water partition coefficient (Wildman–Crippen LogP) is 2.33. The Morgan fingerprint density at radius 1 is 1.37 bits per heavy atom. The third-order valence-electron chi connectivity index (χ3n) is 2.42. The zero-order valence-corrected chi connectivity index (χ0v) is 13.3. The number of nitrogens with one attached hydrogen (secondary N) is 1. The monoisotopic (exact) mass is 331 g/mol. The van der Waals surface area contributed by atoms with Crippen LogP contribution in [0.25, 0.3) is 0 Å². The topological polar surface area (TPSA) is 50.7 Å². The Morgan fingerprint density at radius 3 is 2.74 bits per heavy atom. The normalized spacial score (nSPS) is 11.6. The summed E-state index contributed by atoms with van der Waals surface area (Å²) in [6, 6.07) is 5.90. The molecule has 0 aliphatic carbocycles. The third kappa shape index (κ3) is 6.38. The van der Waals surface area contributed by atoms with Gasteiger partial charge in [0.25, 0.3) is 0 Å². The lowest BCUT2D eigenvalue weighted by Gasteiger charge is -2.20. The highest BCUT2D eigenvalue weighted by Crippen LogP contribution is 2.29. The molecule has 0 radical (unpaired) electrons. The number of para-hydroxylation sites is 1. The number of hydrogen-bond donors (Lipinski definition) is 2. The maximum atomic E-state index is 9.73. The summed E-state index contributed by atoms with van der Waals surface area (Å²) in [6.45, 7) is 5.85. The lowest BCUT2D eigenvalue weighted by atomic mass is 10.1. The van der Waals surface area contributed by atoms with Crippen LogP contribution < -0.4 is 10.1 Å².